The molecule has 1 heterocycles. The summed E-state index contributed by atoms with van der Waals surface area (Å²) in [7, 11) is 0. The minimum Gasteiger partial charge on any atom is -0.448 e. The summed E-state index contributed by atoms with van der Waals surface area (Å²) in [5, 5.41) is 5.27. The first-order valence-electron chi connectivity index (χ1n) is 8.87. The Balaban J connectivity index is 2.60. The van der Waals surface area contributed by atoms with Crippen molar-refractivity contribution in [2.75, 3.05) is 13.1 Å². The summed E-state index contributed by atoms with van der Waals surface area (Å²) in [5.41, 5.74) is 0. The largest absolute Gasteiger partial charge is 0.448 e. The third-order valence-electron chi connectivity index (χ3n) is 3.41. The SMILES string of the molecule is CCCNC(=O)[C@H](C)OC(=O)c1ccc(C(=O)O[C@@H](C)C(=O)NCCC)s1. The zero-order valence-electron chi connectivity index (χ0n) is 16.0. The van der Waals surface area contributed by atoms with Crippen LogP contribution in [0.5, 0.6) is 0 Å². The first kappa shape index (κ1) is 22.6. The summed E-state index contributed by atoms with van der Waals surface area (Å²) in [5.74, 6) is -2.17. The highest BCUT2D eigenvalue weighted by Gasteiger charge is 2.23. The van der Waals surface area contributed by atoms with E-state index in [9.17, 15) is 19.2 Å². The molecule has 0 saturated carbocycles. The van der Waals surface area contributed by atoms with Crippen LogP contribution in [-0.4, -0.2) is 49.1 Å². The molecule has 0 saturated heterocycles. The highest BCUT2D eigenvalue weighted by Crippen LogP contribution is 2.19. The lowest BCUT2D eigenvalue weighted by Crippen LogP contribution is -2.36. The van der Waals surface area contributed by atoms with E-state index in [1.54, 1.807) is 0 Å². The van der Waals surface area contributed by atoms with Gasteiger partial charge in [-0.1, -0.05) is 13.8 Å². The Morgan fingerprint density at radius 2 is 1.22 bits per heavy atom. The number of hydrogen-bond acceptors (Lipinski definition) is 7. The maximum absolute atomic E-state index is 12.1. The Morgan fingerprint density at radius 3 is 1.56 bits per heavy atom. The van der Waals surface area contributed by atoms with Crippen molar-refractivity contribution in [1.29, 1.82) is 0 Å². The van der Waals surface area contributed by atoms with Crippen molar-refractivity contribution >= 4 is 35.1 Å². The van der Waals surface area contributed by atoms with Crippen LogP contribution in [0.15, 0.2) is 12.1 Å². The van der Waals surface area contributed by atoms with Crippen LogP contribution >= 0.6 is 11.3 Å². The van der Waals surface area contributed by atoms with E-state index in [2.05, 4.69) is 10.6 Å². The van der Waals surface area contributed by atoms with E-state index < -0.39 is 24.1 Å². The molecule has 0 radical (unpaired) electrons. The Bertz CT molecular complexity index is 618. The summed E-state index contributed by atoms with van der Waals surface area (Å²) in [6.45, 7) is 7.78. The fourth-order valence-electron chi connectivity index (χ4n) is 1.89. The molecule has 1 rings (SSSR count). The number of ether oxygens (including phenoxy) is 2. The number of carbonyl (C=O) groups excluding carboxylic acids is 4. The Kier molecular flexibility index (Phi) is 9.49. The van der Waals surface area contributed by atoms with Crippen LogP contribution in [0.4, 0.5) is 0 Å². The average molecular weight is 398 g/mol. The van der Waals surface area contributed by atoms with Gasteiger partial charge in [0.25, 0.3) is 11.8 Å². The molecule has 2 amide bonds. The van der Waals surface area contributed by atoms with Crippen molar-refractivity contribution in [2.24, 2.45) is 0 Å². The average Bonchev–Trinajstić information content (AvgIpc) is 3.14. The Labute approximate surface area is 162 Å². The Morgan fingerprint density at radius 1 is 0.852 bits per heavy atom. The first-order chi connectivity index (χ1) is 12.8. The zero-order valence-corrected chi connectivity index (χ0v) is 16.8. The third kappa shape index (κ3) is 7.38. The molecule has 0 unspecified atom stereocenters. The second-order valence-corrected chi connectivity index (χ2v) is 6.92. The summed E-state index contributed by atoms with van der Waals surface area (Å²) in [4.78, 5) is 48.0. The van der Waals surface area contributed by atoms with Gasteiger partial charge in [-0.3, -0.25) is 9.59 Å². The predicted octanol–water partition coefficient (Wildman–Crippen LogP) is 1.89. The number of carbonyl (C=O) groups is 4. The van der Waals surface area contributed by atoms with Gasteiger partial charge in [-0.15, -0.1) is 11.3 Å². The topological polar surface area (TPSA) is 111 Å². The van der Waals surface area contributed by atoms with Crippen LogP contribution < -0.4 is 10.6 Å². The van der Waals surface area contributed by atoms with E-state index in [1.807, 2.05) is 13.8 Å². The van der Waals surface area contributed by atoms with Crippen molar-refractivity contribution in [3.8, 4) is 0 Å². The van der Waals surface area contributed by atoms with Gasteiger partial charge in [0, 0.05) is 13.1 Å². The molecule has 0 aliphatic rings. The lowest BCUT2D eigenvalue weighted by atomic mass is 10.3. The summed E-state index contributed by atoms with van der Waals surface area (Å²) >= 11 is 0.880. The number of hydrogen-bond donors (Lipinski definition) is 2. The van der Waals surface area contributed by atoms with Gasteiger partial charge in [-0.25, -0.2) is 9.59 Å². The number of nitrogens with one attached hydrogen (secondary N) is 2. The van der Waals surface area contributed by atoms with Crippen LogP contribution in [0.3, 0.4) is 0 Å². The van der Waals surface area contributed by atoms with Crippen LogP contribution in [0.1, 0.15) is 59.9 Å². The van der Waals surface area contributed by atoms with Gasteiger partial charge in [-0.2, -0.15) is 0 Å². The van der Waals surface area contributed by atoms with Crippen molar-refractivity contribution < 1.29 is 28.7 Å². The van der Waals surface area contributed by atoms with Crippen LogP contribution in [0, 0.1) is 0 Å². The molecule has 0 fully saturated rings. The normalized spacial score (nSPS) is 12.6. The molecule has 8 nitrogen and oxygen atoms in total. The molecular formula is C18H26N2O6S. The smallest absolute Gasteiger partial charge is 0.349 e. The van der Waals surface area contributed by atoms with Crippen LogP contribution in [0.2, 0.25) is 0 Å². The van der Waals surface area contributed by atoms with Crippen molar-refractivity contribution in [2.45, 2.75) is 52.7 Å². The quantitative estimate of drug-likeness (QED) is 0.582. The molecule has 2 N–H and O–H groups in total. The van der Waals surface area contributed by atoms with Crippen LogP contribution in [-0.2, 0) is 19.1 Å². The van der Waals surface area contributed by atoms with E-state index in [4.69, 9.17) is 9.47 Å². The number of amides is 2. The van der Waals surface area contributed by atoms with Gasteiger partial charge < -0.3 is 20.1 Å². The van der Waals surface area contributed by atoms with E-state index in [0.29, 0.717) is 13.1 Å². The molecular weight excluding hydrogens is 372 g/mol. The lowest BCUT2D eigenvalue weighted by molar-refractivity contribution is -0.129. The Hall–Kier alpha value is -2.42. The van der Waals surface area contributed by atoms with Crippen LogP contribution in [0.25, 0.3) is 0 Å². The summed E-state index contributed by atoms with van der Waals surface area (Å²) in [6, 6.07) is 2.84. The molecule has 9 heteroatoms. The maximum atomic E-state index is 12.1. The monoisotopic (exact) mass is 398 g/mol. The molecule has 27 heavy (non-hydrogen) atoms. The van der Waals surface area contributed by atoms with E-state index in [0.717, 1.165) is 24.2 Å². The highest BCUT2D eigenvalue weighted by atomic mass is 32.1. The number of esters is 2. The third-order valence-corrected chi connectivity index (χ3v) is 4.46. The van der Waals surface area contributed by atoms with Gasteiger partial charge in [0.15, 0.2) is 12.2 Å². The van der Waals surface area contributed by atoms with Crippen molar-refractivity contribution in [1.82, 2.24) is 10.6 Å². The van der Waals surface area contributed by atoms with E-state index >= 15 is 0 Å². The minimum absolute atomic E-state index is 0.167. The van der Waals surface area contributed by atoms with Crippen molar-refractivity contribution in [3.63, 3.8) is 0 Å². The summed E-state index contributed by atoms with van der Waals surface area (Å²) < 4.78 is 10.2. The van der Waals surface area contributed by atoms with Gasteiger partial charge >= 0.3 is 11.9 Å². The molecule has 0 aliphatic heterocycles. The molecule has 1 aromatic rings. The molecule has 0 bridgehead atoms. The molecule has 1 aromatic heterocycles. The number of rotatable bonds is 10. The standard InChI is InChI=1S/C18H26N2O6S/c1-5-9-19-15(21)11(3)25-17(23)13-7-8-14(27-13)18(24)26-12(4)16(22)20-10-6-2/h7-8,11-12H,5-6,9-10H2,1-4H3,(H,19,21)(H,20,22)/t11-,12-/m0/s1. The van der Waals surface area contributed by atoms with Gasteiger partial charge in [0.05, 0.1) is 0 Å². The minimum atomic E-state index is -0.941. The second-order valence-electron chi connectivity index (χ2n) is 5.84. The van der Waals surface area contributed by atoms with Gasteiger partial charge in [-0.05, 0) is 38.8 Å². The van der Waals surface area contributed by atoms with E-state index in [-0.39, 0.29) is 21.6 Å². The van der Waals surface area contributed by atoms with Gasteiger partial charge in [0.1, 0.15) is 9.75 Å². The lowest BCUT2D eigenvalue weighted by Gasteiger charge is -2.12. The van der Waals surface area contributed by atoms with Gasteiger partial charge in [0.2, 0.25) is 0 Å². The number of thiophene rings is 1. The molecule has 0 spiro atoms. The first-order valence-corrected chi connectivity index (χ1v) is 9.68. The predicted molar refractivity (Wildman–Crippen MR) is 101 cm³/mol. The summed E-state index contributed by atoms with van der Waals surface area (Å²) in [6.07, 6.45) is -0.331. The molecule has 0 aromatic carbocycles. The molecule has 150 valence electrons. The second kappa shape index (κ2) is 11.3. The fourth-order valence-corrected chi connectivity index (χ4v) is 2.66. The maximum Gasteiger partial charge on any atom is 0.349 e. The molecule has 2 atom stereocenters. The van der Waals surface area contributed by atoms with E-state index in [1.165, 1.54) is 26.0 Å². The highest BCUT2D eigenvalue weighted by molar-refractivity contribution is 7.15. The zero-order chi connectivity index (χ0) is 20.4. The molecule has 0 aliphatic carbocycles. The van der Waals surface area contributed by atoms with Crippen molar-refractivity contribution in [3.05, 3.63) is 21.9 Å². The fraction of sp³-hybridized carbons (Fsp3) is 0.556.